The molecule has 0 N–H and O–H groups in total. The lowest BCUT2D eigenvalue weighted by Gasteiger charge is -2.07. The summed E-state index contributed by atoms with van der Waals surface area (Å²) < 4.78 is 1.82. The molecular weight excluding hydrogens is 236 g/mol. The molecule has 88 valence electrons. The van der Waals surface area contributed by atoms with Gasteiger partial charge in [0.05, 0.1) is 0 Å². The maximum Gasteiger partial charge on any atom is 0.228 e. The molecule has 2 aromatic rings. The van der Waals surface area contributed by atoms with Gasteiger partial charge in [-0.15, -0.1) is 0 Å². The molecular formula is C13H13ClN2O. The van der Waals surface area contributed by atoms with E-state index in [1.807, 2.05) is 18.4 Å². The summed E-state index contributed by atoms with van der Waals surface area (Å²) in [6.07, 6.45) is 3.43. The lowest BCUT2D eigenvalue weighted by atomic mass is 10.0. The van der Waals surface area contributed by atoms with Gasteiger partial charge in [0.15, 0.2) is 5.82 Å². The Hall–Kier alpha value is -1.61. The summed E-state index contributed by atoms with van der Waals surface area (Å²) in [6.45, 7) is 4.54. The van der Waals surface area contributed by atoms with Gasteiger partial charge in [-0.25, -0.2) is 4.98 Å². The van der Waals surface area contributed by atoms with Crippen molar-refractivity contribution in [1.29, 1.82) is 0 Å². The van der Waals surface area contributed by atoms with Gasteiger partial charge in [0.1, 0.15) is 0 Å². The molecule has 1 aromatic heterocycles. The number of imidazole rings is 1. The Morgan fingerprint density at radius 1 is 1.47 bits per heavy atom. The molecule has 0 amide bonds. The molecule has 0 aliphatic heterocycles. The van der Waals surface area contributed by atoms with E-state index in [0.717, 1.165) is 12.1 Å². The van der Waals surface area contributed by atoms with Crippen LogP contribution in [0.25, 0.3) is 0 Å². The highest BCUT2D eigenvalue weighted by molar-refractivity contribution is 6.32. The second-order valence-corrected chi connectivity index (χ2v) is 4.19. The average molecular weight is 249 g/mol. The van der Waals surface area contributed by atoms with E-state index in [1.165, 1.54) is 0 Å². The van der Waals surface area contributed by atoms with Crippen molar-refractivity contribution in [1.82, 2.24) is 9.55 Å². The van der Waals surface area contributed by atoms with E-state index in [0.29, 0.717) is 16.4 Å². The third-order valence-electron chi connectivity index (χ3n) is 2.77. The van der Waals surface area contributed by atoms with E-state index in [-0.39, 0.29) is 5.78 Å². The zero-order chi connectivity index (χ0) is 12.4. The Balaban J connectivity index is 2.48. The molecule has 17 heavy (non-hydrogen) atoms. The molecule has 0 atom stereocenters. The van der Waals surface area contributed by atoms with E-state index in [4.69, 9.17) is 11.6 Å². The number of nitrogens with zero attached hydrogens (tertiary/aromatic N) is 2. The Labute approximate surface area is 105 Å². The van der Waals surface area contributed by atoms with Crippen LogP contribution in [0.4, 0.5) is 0 Å². The number of rotatable bonds is 3. The lowest BCUT2D eigenvalue weighted by Crippen LogP contribution is -2.11. The standard InChI is InChI=1S/C13H13ClN2O/c1-3-16-8-7-15-13(16)12(17)10-5-4-6-11(14)9(10)2/h4-8H,3H2,1-2H3. The van der Waals surface area contributed by atoms with E-state index < -0.39 is 0 Å². The number of ketones is 1. The monoisotopic (exact) mass is 248 g/mol. The first-order valence-corrected chi connectivity index (χ1v) is 5.84. The van der Waals surface area contributed by atoms with Crippen LogP contribution in [-0.2, 0) is 6.54 Å². The first kappa shape index (κ1) is 11.9. The minimum atomic E-state index is -0.0862. The summed E-state index contributed by atoms with van der Waals surface area (Å²) in [5, 5.41) is 0.602. The molecule has 0 aliphatic carbocycles. The fraction of sp³-hybridized carbons (Fsp3) is 0.231. The minimum Gasteiger partial charge on any atom is -0.328 e. The molecule has 0 bridgehead atoms. The SMILES string of the molecule is CCn1ccnc1C(=O)c1cccc(Cl)c1C. The first-order chi connectivity index (χ1) is 8.15. The number of hydrogen-bond acceptors (Lipinski definition) is 2. The van der Waals surface area contributed by atoms with E-state index in [9.17, 15) is 4.79 Å². The van der Waals surface area contributed by atoms with Gasteiger partial charge in [-0.3, -0.25) is 4.79 Å². The molecule has 0 radical (unpaired) electrons. The Kier molecular flexibility index (Phi) is 3.29. The van der Waals surface area contributed by atoms with Crippen LogP contribution in [-0.4, -0.2) is 15.3 Å². The summed E-state index contributed by atoms with van der Waals surface area (Å²) in [6, 6.07) is 5.33. The highest BCUT2D eigenvalue weighted by atomic mass is 35.5. The van der Waals surface area contributed by atoms with Crippen molar-refractivity contribution in [2.75, 3.05) is 0 Å². The fourth-order valence-corrected chi connectivity index (χ4v) is 1.92. The number of hydrogen-bond donors (Lipinski definition) is 0. The molecule has 0 aliphatic rings. The summed E-state index contributed by atoms with van der Waals surface area (Å²) in [4.78, 5) is 16.4. The highest BCUT2D eigenvalue weighted by Gasteiger charge is 2.17. The Morgan fingerprint density at radius 3 is 2.94 bits per heavy atom. The van der Waals surface area contributed by atoms with Crippen LogP contribution in [0.5, 0.6) is 0 Å². The van der Waals surface area contributed by atoms with Crippen LogP contribution in [0.1, 0.15) is 28.7 Å². The van der Waals surface area contributed by atoms with Gasteiger partial charge in [0.25, 0.3) is 0 Å². The summed E-state index contributed by atoms with van der Waals surface area (Å²) in [5.74, 6) is 0.370. The third-order valence-corrected chi connectivity index (χ3v) is 3.18. The molecule has 4 heteroatoms. The minimum absolute atomic E-state index is 0.0862. The van der Waals surface area contributed by atoms with Crippen molar-refractivity contribution in [3.63, 3.8) is 0 Å². The summed E-state index contributed by atoms with van der Waals surface area (Å²) in [5.41, 5.74) is 1.41. The molecule has 0 fully saturated rings. The molecule has 0 spiro atoms. The number of carbonyl (C=O) groups excluding carboxylic acids is 1. The predicted molar refractivity (Wildman–Crippen MR) is 67.5 cm³/mol. The number of halogens is 1. The second kappa shape index (κ2) is 4.72. The maximum atomic E-state index is 12.3. The second-order valence-electron chi connectivity index (χ2n) is 3.78. The largest absolute Gasteiger partial charge is 0.328 e. The van der Waals surface area contributed by atoms with Crippen LogP contribution in [0.15, 0.2) is 30.6 Å². The molecule has 3 nitrogen and oxygen atoms in total. The van der Waals surface area contributed by atoms with Gasteiger partial charge < -0.3 is 4.57 Å². The zero-order valence-corrected chi connectivity index (χ0v) is 10.5. The Bertz CT molecular complexity index is 560. The van der Waals surface area contributed by atoms with Crippen LogP contribution >= 0.6 is 11.6 Å². The average Bonchev–Trinajstić information content (AvgIpc) is 2.80. The molecule has 1 heterocycles. The molecule has 0 saturated carbocycles. The van der Waals surface area contributed by atoms with Gasteiger partial charge >= 0.3 is 0 Å². The first-order valence-electron chi connectivity index (χ1n) is 5.46. The van der Waals surface area contributed by atoms with Crippen molar-refractivity contribution >= 4 is 17.4 Å². The van der Waals surface area contributed by atoms with Gasteiger partial charge in [-0.05, 0) is 25.5 Å². The number of aryl methyl sites for hydroxylation is 1. The van der Waals surface area contributed by atoms with Crippen LogP contribution in [0, 0.1) is 6.92 Å². The van der Waals surface area contributed by atoms with Crippen LogP contribution in [0.3, 0.4) is 0 Å². The quantitative estimate of drug-likeness (QED) is 0.783. The van der Waals surface area contributed by atoms with Gasteiger partial charge in [-0.2, -0.15) is 0 Å². The summed E-state index contributed by atoms with van der Waals surface area (Å²) >= 11 is 6.01. The summed E-state index contributed by atoms with van der Waals surface area (Å²) in [7, 11) is 0. The van der Waals surface area contributed by atoms with E-state index in [1.54, 1.807) is 30.6 Å². The van der Waals surface area contributed by atoms with Crippen LogP contribution in [0.2, 0.25) is 5.02 Å². The molecule has 0 unspecified atom stereocenters. The van der Waals surface area contributed by atoms with Crippen LogP contribution < -0.4 is 0 Å². The van der Waals surface area contributed by atoms with Gasteiger partial charge in [0.2, 0.25) is 5.78 Å². The highest BCUT2D eigenvalue weighted by Crippen LogP contribution is 2.20. The Morgan fingerprint density at radius 2 is 2.24 bits per heavy atom. The van der Waals surface area contributed by atoms with Gasteiger partial charge in [0, 0.05) is 29.5 Å². The van der Waals surface area contributed by atoms with Crippen molar-refractivity contribution in [3.8, 4) is 0 Å². The molecule has 0 saturated heterocycles. The number of carbonyl (C=O) groups is 1. The molecule has 2 rings (SSSR count). The van der Waals surface area contributed by atoms with Crippen molar-refractivity contribution in [3.05, 3.63) is 52.6 Å². The van der Waals surface area contributed by atoms with Crippen molar-refractivity contribution in [2.24, 2.45) is 0 Å². The van der Waals surface area contributed by atoms with E-state index >= 15 is 0 Å². The van der Waals surface area contributed by atoms with E-state index in [2.05, 4.69) is 4.98 Å². The fourth-order valence-electron chi connectivity index (χ4n) is 1.75. The topological polar surface area (TPSA) is 34.9 Å². The number of aromatic nitrogens is 2. The normalized spacial score (nSPS) is 10.5. The predicted octanol–water partition coefficient (Wildman–Crippen LogP) is 3.10. The third kappa shape index (κ3) is 2.11. The van der Waals surface area contributed by atoms with Crippen molar-refractivity contribution in [2.45, 2.75) is 20.4 Å². The van der Waals surface area contributed by atoms with Crippen molar-refractivity contribution < 1.29 is 4.79 Å². The smallest absolute Gasteiger partial charge is 0.228 e. The molecule has 1 aromatic carbocycles. The zero-order valence-electron chi connectivity index (χ0n) is 9.77. The number of benzene rings is 1. The van der Waals surface area contributed by atoms with Gasteiger partial charge in [-0.1, -0.05) is 23.7 Å². The lowest BCUT2D eigenvalue weighted by molar-refractivity contribution is 0.102. The maximum absolute atomic E-state index is 12.3.